The summed E-state index contributed by atoms with van der Waals surface area (Å²) in [5.41, 5.74) is 1.40. The molecule has 190 valence electrons. The van der Waals surface area contributed by atoms with Gasteiger partial charge in [-0.1, -0.05) is 30.3 Å². The minimum absolute atomic E-state index is 0.0703. The highest BCUT2D eigenvalue weighted by molar-refractivity contribution is 5.98. The van der Waals surface area contributed by atoms with Gasteiger partial charge in [0.2, 0.25) is 18.6 Å². The lowest BCUT2D eigenvalue weighted by Crippen LogP contribution is -2.56. The number of likely N-dealkylation sites (tertiary alicyclic amines) is 1. The second-order valence-corrected chi connectivity index (χ2v) is 9.34. The number of morpholine rings is 1. The fourth-order valence-electron chi connectivity index (χ4n) is 4.99. The predicted molar refractivity (Wildman–Crippen MR) is 131 cm³/mol. The number of hydrogen-bond acceptors (Lipinski definition) is 6. The van der Waals surface area contributed by atoms with Crippen molar-refractivity contribution in [2.45, 2.75) is 25.3 Å². The van der Waals surface area contributed by atoms with Crippen LogP contribution >= 0.6 is 0 Å². The molecule has 36 heavy (non-hydrogen) atoms. The summed E-state index contributed by atoms with van der Waals surface area (Å²) in [6, 6.07) is 14.0. The molecule has 3 heterocycles. The van der Waals surface area contributed by atoms with E-state index in [2.05, 4.69) is 5.32 Å². The predicted octanol–water partition coefficient (Wildman–Crippen LogP) is 1.85. The summed E-state index contributed by atoms with van der Waals surface area (Å²) in [5, 5.41) is 3.00. The molecule has 9 heteroatoms. The molecule has 3 aliphatic heterocycles. The van der Waals surface area contributed by atoms with Gasteiger partial charge in [-0.25, -0.2) is 0 Å². The SMILES string of the molecule is O=C(N[C@H](C(=O)N1CCOCC1)C1CCN(C(=O)Cc2ccccc2)CC1)c1ccc2c(c1)OCO2. The number of ether oxygens (including phenoxy) is 3. The zero-order valence-corrected chi connectivity index (χ0v) is 20.2. The van der Waals surface area contributed by atoms with Gasteiger partial charge in [0, 0.05) is 31.7 Å². The molecule has 3 aliphatic rings. The number of nitrogens with one attached hydrogen (secondary N) is 1. The summed E-state index contributed by atoms with van der Waals surface area (Å²) in [5.74, 6) is 0.701. The van der Waals surface area contributed by atoms with Crippen LogP contribution < -0.4 is 14.8 Å². The van der Waals surface area contributed by atoms with E-state index in [9.17, 15) is 14.4 Å². The third-order valence-electron chi connectivity index (χ3n) is 7.07. The number of carbonyl (C=O) groups is 3. The molecule has 0 aromatic heterocycles. The Kier molecular flexibility index (Phi) is 7.36. The van der Waals surface area contributed by atoms with Gasteiger partial charge in [-0.15, -0.1) is 0 Å². The van der Waals surface area contributed by atoms with Crippen LogP contribution in [0.5, 0.6) is 11.5 Å². The molecule has 2 fully saturated rings. The maximum atomic E-state index is 13.5. The quantitative estimate of drug-likeness (QED) is 0.660. The van der Waals surface area contributed by atoms with Gasteiger partial charge in [-0.05, 0) is 42.5 Å². The number of piperidine rings is 1. The summed E-state index contributed by atoms with van der Waals surface area (Å²) in [4.78, 5) is 43.2. The van der Waals surface area contributed by atoms with E-state index >= 15 is 0 Å². The molecule has 0 spiro atoms. The molecule has 1 N–H and O–H groups in total. The van der Waals surface area contributed by atoms with Crippen LogP contribution in [0, 0.1) is 5.92 Å². The van der Waals surface area contributed by atoms with Crippen LogP contribution in [0.1, 0.15) is 28.8 Å². The normalized spacial score (nSPS) is 18.6. The maximum Gasteiger partial charge on any atom is 0.252 e. The fraction of sp³-hybridized carbons (Fsp3) is 0.444. The summed E-state index contributed by atoms with van der Waals surface area (Å²) >= 11 is 0. The van der Waals surface area contributed by atoms with E-state index in [-0.39, 0.29) is 30.4 Å². The van der Waals surface area contributed by atoms with Gasteiger partial charge in [-0.3, -0.25) is 14.4 Å². The Morgan fingerprint density at radius 1 is 0.889 bits per heavy atom. The number of nitrogens with zero attached hydrogens (tertiary/aromatic N) is 2. The summed E-state index contributed by atoms with van der Waals surface area (Å²) in [7, 11) is 0. The van der Waals surface area contributed by atoms with Crippen LogP contribution in [0.2, 0.25) is 0 Å². The first-order valence-electron chi connectivity index (χ1n) is 12.5. The van der Waals surface area contributed by atoms with E-state index < -0.39 is 6.04 Å². The second-order valence-electron chi connectivity index (χ2n) is 9.34. The zero-order valence-electron chi connectivity index (χ0n) is 20.2. The van der Waals surface area contributed by atoms with Crippen molar-refractivity contribution in [2.75, 3.05) is 46.2 Å². The number of rotatable bonds is 6. The van der Waals surface area contributed by atoms with Gasteiger partial charge in [0.1, 0.15) is 6.04 Å². The van der Waals surface area contributed by atoms with Gasteiger partial charge in [0.05, 0.1) is 19.6 Å². The number of carbonyl (C=O) groups excluding carboxylic acids is 3. The highest BCUT2D eigenvalue weighted by atomic mass is 16.7. The third-order valence-corrected chi connectivity index (χ3v) is 7.07. The molecule has 2 aromatic carbocycles. The van der Waals surface area contributed by atoms with Crippen molar-refractivity contribution in [1.82, 2.24) is 15.1 Å². The van der Waals surface area contributed by atoms with Crippen molar-refractivity contribution in [1.29, 1.82) is 0 Å². The number of amides is 3. The smallest absolute Gasteiger partial charge is 0.252 e. The van der Waals surface area contributed by atoms with E-state index in [1.54, 1.807) is 23.1 Å². The van der Waals surface area contributed by atoms with Gasteiger partial charge in [0.25, 0.3) is 5.91 Å². The Morgan fingerprint density at radius 3 is 2.36 bits per heavy atom. The average molecular weight is 494 g/mol. The molecule has 0 saturated carbocycles. The molecule has 1 atom stereocenters. The Labute approximate surface area is 210 Å². The van der Waals surface area contributed by atoms with Crippen LogP contribution in [0.25, 0.3) is 0 Å². The van der Waals surface area contributed by atoms with Gasteiger partial charge in [0.15, 0.2) is 11.5 Å². The number of fused-ring (bicyclic) bond motifs is 1. The van der Waals surface area contributed by atoms with Gasteiger partial charge < -0.3 is 29.3 Å². The van der Waals surface area contributed by atoms with E-state index in [0.717, 1.165) is 5.56 Å². The average Bonchev–Trinajstić information content (AvgIpc) is 3.40. The first-order chi connectivity index (χ1) is 17.6. The topological polar surface area (TPSA) is 97.4 Å². The molecule has 3 amide bonds. The largest absolute Gasteiger partial charge is 0.454 e. The van der Waals surface area contributed by atoms with Crippen molar-refractivity contribution in [3.63, 3.8) is 0 Å². The third kappa shape index (κ3) is 5.46. The van der Waals surface area contributed by atoms with Crippen LogP contribution in [0.3, 0.4) is 0 Å². The van der Waals surface area contributed by atoms with Crippen molar-refractivity contribution >= 4 is 17.7 Å². The van der Waals surface area contributed by atoms with Crippen molar-refractivity contribution in [2.24, 2.45) is 5.92 Å². The van der Waals surface area contributed by atoms with Crippen LogP contribution in [0.4, 0.5) is 0 Å². The first kappa shape index (κ1) is 24.1. The molecule has 0 bridgehead atoms. The minimum Gasteiger partial charge on any atom is -0.454 e. The number of hydrogen-bond donors (Lipinski definition) is 1. The zero-order chi connectivity index (χ0) is 24.9. The molecule has 2 saturated heterocycles. The Balaban J connectivity index is 1.26. The second kappa shape index (κ2) is 11.0. The highest BCUT2D eigenvalue weighted by Crippen LogP contribution is 2.32. The summed E-state index contributed by atoms with van der Waals surface area (Å²) < 4.78 is 16.1. The van der Waals surface area contributed by atoms with E-state index in [1.807, 2.05) is 35.2 Å². The van der Waals surface area contributed by atoms with Crippen molar-refractivity contribution < 1.29 is 28.6 Å². The maximum absolute atomic E-state index is 13.5. The summed E-state index contributed by atoms with van der Waals surface area (Å²) in [6.07, 6.45) is 1.65. The first-order valence-corrected chi connectivity index (χ1v) is 12.5. The van der Waals surface area contributed by atoms with Crippen LogP contribution in [-0.4, -0.2) is 79.7 Å². The van der Waals surface area contributed by atoms with Crippen LogP contribution in [-0.2, 0) is 20.7 Å². The van der Waals surface area contributed by atoms with E-state index in [4.69, 9.17) is 14.2 Å². The fourth-order valence-corrected chi connectivity index (χ4v) is 4.99. The lowest BCUT2D eigenvalue weighted by Gasteiger charge is -2.38. The Bertz CT molecular complexity index is 1090. The molecule has 0 aliphatic carbocycles. The van der Waals surface area contributed by atoms with E-state index in [0.29, 0.717) is 75.7 Å². The minimum atomic E-state index is -0.674. The molecule has 2 aromatic rings. The molecule has 5 rings (SSSR count). The van der Waals surface area contributed by atoms with Crippen LogP contribution in [0.15, 0.2) is 48.5 Å². The Morgan fingerprint density at radius 2 is 1.61 bits per heavy atom. The highest BCUT2D eigenvalue weighted by Gasteiger charge is 2.36. The lowest BCUT2D eigenvalue weighted by molar-refractivity contribution is -0.139. The molecule has 0 unspecified atom stereocenters. The lowest BCUT2D eigenvalue weighted by atomic mass is 9.87. The molecular formula is C27H31N3O6. The standard InChI is InChI=1S/C27H31N3O6/c31-24(16-19-4-2-1-3-5-19)29-10-8-20(9-11-29)25(27(33)30-12-14-34-15-13-30)28-26(32)21-6-7-22-23(17-21)36-18-35-22/h1-7,17,20,25H,8-16,18H2,(H,28,32)/t25-/m0/s1. The van der Waals surface area contributed by atoms with Gasteiger partial charge in [-0.2, -0.15) is 0 Å². The monoisotopic (exact) mass is 493 g/mol. The van der Waals surface area contributed by atoms with Gasteiger partial charge >= 0.3 is 0 Å². The molecular weight excluding hydrogens is 462 g/mol. The van der Waals surface area contributed by atoms with E-state index in [1.165, 1.54) is 0 Å². The molecule has 0 radical (unpaired) electrons. The molecule has 9 nitrogen and oxygen atoms in total. The Hall–Kier alpha value is -3.59. The van der Waals surface area contributed by atoms with Crippen molar-refractivity contribution in [3.05, 3.63) is 59.7 Å². The number of benzene rings is 2. The van der Waals surface area contributed by atoms with Crippen molar-refractivity contribution in [3.8, 4) is 11.5 Å². The summed E-state index contributed by atoms with van der Waals surface area (Å²) in [6.45, 7) is 3.22.